The monoisotopic (exact) mass is 427 g/mol. The van der Waals surface area contributed by atoms with Gasteiger partial charge in [-0.05, 0) is 49.6 Å². The molecule has 1 atom stereocenters. The van der Waals surface area contributed by atoms with Crippen molar-refractivity contribution in [2.24, 2.45) is 7.05 Å². The number of ether oxygens (including phenoxy) is 1. The SMILES string of the molecule is CCCCN(Cc1cccn1C)C(=O)CN(C(=O)Cc1ccc(OC)cc1)C(C)CC. The highest BCUT2D eigenvalue weighted by Gasteiger charge is 2.25. The number of aromatic nitrogens is 1. The van der Waals surface area contributed by atoms with Gasteiger partial charge in [0.2, 0.25) is 11.8 Å². The molecule has 0 aliphatic carbocycles. The van der Waals surface area contributed by atoms with Crippen LogP contribution in [0.3, 0.4) is 0 Å². The van der Waals surface area contributed by atoms with Crippen molar-refractivity contribution in [2.75, 3.05) is 20.2 Å². The van der Waals surface area contributed by atoms with Gasteiger partial charge in [0.15, 0.2) is 0 Å². The van der Waals surface area contributed by atoms with Crippen molar-refractivity contribution in [1.29, 1.82) is 0 Å². The van der Waals surface area contributed by atoms with Gasteiger partial charge in [-0.3, -0.25) is 9.59 Å². The Kier molecular flexibility index (Phi) is 9.63. The molecule has 170 valence electrons. The van der Waals surface area contributed by atoms with Crippen LogP contribution in [0, 0.1) is 0 Å². The number of carbonyl (C=O) groups is 2. The summed E-state index contributed by atoms with van der Waals surface area (Å²) in [6.45, 7) is 7.53. The van der Waals surface area contributed by atoms with E-state index >= 15 is 0 Å². The molecule has 0 radical (unpaired) electrons. The summed E-state index contributed by atoms with van der Waals surface area (Å²) < 4.78 is 7.23. The summed E-state index contributed by atoms with van der Waals surface area (Å²) in [5, 5.41) is 0. The summed E-state index contributed by atoms with van der Waals surface area (Å²) in [7, 11) is 3.61. The average molecular weight is 428 g/mol. The van der Waals surface area contributed by atoms with Crippen molar-refractivity contribution in [3.63, 3.8) is 0 Å². The summed E-state index contributed by atoms with van der Waals surface area (Å²) in [4.78, 5) is 30.0. The number of nitrogens with zero attached hydrogens (tertiary/aromatic N) is 3. The topological polar surface area (TPSA) is 54.8 Å². The summed E-state index contributed by atoms with van der Waals surface area (Å²) in [6, 6.07) is 11.5. The van der Waals surface area contributed by atoms with E-state index in [1.165, 1.54) is 0 Å². The van der Waals surface area contributed by atoms with Gasteiger partial charge >= 0.3 is 0 Å². The lowest BCUT2D eigenvalue weighted by atomic mass is 10.1. The van der Waals surface area contributed by atoms with Gasteiger partial charge in [0.25, 0.3) is 0 Å². The Morgan fingerprint density at radius 3 is 2.35 bits per heavy atom. The maximum atomic E-state index is 13.3. The highest BCUT2D eigenvalue weighted by atomic mass is 16.5. The molecule has 2 aromatic rings. The lowest BCUT2D eigenvalue weighted by molar-refractivity contribution is -0.142. The van der Waals surface area contributed by atoms with Crippen LogP contribution in [-0.2, 0) is 29.6 Å². The Morgan fingerprint density at radius 1 is 1.10 bits per heavy atom. The normalized spacial score (nSPS) is 11.8. The Bertz CT molecular complexity index is 829. The van der Waals surface area contributed by atoms with Gasteiger partial charge in [-0.25, -0.2) is 0 Å². The van der Waals surface area contributed by atoms with Crippen LogP contribution in [0.5, 0.6) is 5.75 Å². The van der Waals surface area contributed by atoms with Crippen molar-refractivity contribution in [3.05, 3.63) is 53.9 Å². The number of unbranched alkanes of at least 4 members (excludes halogenated alkanes) is 1. The number of carbonyl (C=O) groups excluding carboxylic acids is 2. The van der Waals surface area contributed by atoms with Crippen molar-refractivity contribution >= 4 is 11.8 Å². The van der Waals surface area contributed by atoms with Gasteiger partial charge in [-0.2, -0.15) is 0 Å². The van der Waals surface area contributed by atoms with Crippen LogP contribution in [-0.4, -0.2) is 52.4 Å². The van der Waals surface area contributed by atoms with E-state index in [2.05, 4.69) is 6.92 Å². The molecule has 0 saturated heterocycles. The molecular weight excluding hydrogens is 390 g/mol. The van der Waals surface area contributed by atoms with Gasteiger partial charge in [-0.1, -0.05) is 32.4 Å². The minimum absolute atomic E-state index is 0.00182. The molecule has 0 fully saturated rings. The predicted octanol–water partition coefficient (Wildman–Crippen LogP) is 4.03. The number of hydrogen-bond donors (Lipinski definition) is 0. The first kappa shape index (κ1) is 24.5. The highest BCUT2D eigenvalue weighted by molar-refractivity contribution is 5.86. The molecule has 1 heterocycles. The van der Waals surface area contributed by atoms with Crippen LogP contribution in [0.1, 0.15) is 51.3 Å². The Balaban J connectivity index is 2.12. The molecule has 2 rings (SSSR count). The second kappa shape index (κ2) is 12.2. The maximum absolute atomic E-state index is 13.3. The summed E-state index contributed by atoms with van der Waals surface area (Å²) >= 11 is 0. The van der Waals surface area contributed by atoms with E-state index in [1.54, 1.807) is 12.0 Å². The van der Waals surface area contributed by atoms with Gasteiger partial charge < -0.3 is 19.1 Å². The zero-order valence-electron chi connectivity index (χ0n) is 19.6. The molecule has 1 aromatic carbocycles. The standard InChI is InChI=1S/C25H37N3O3/c1-6-8-16-27(18-22-10-9-15-26(22)4)25(30)19-28(20(3)7-2)24(29)17-21-11-13-23(31-5)14-12-21/h9-15,20H,6-8,16-19H2,1-5H3. The lowest BCUT2D eigenvalue weighted by Crippen LogP contribution is -2.47. The van der Waals surface area contributed by atoms with Crippen molar-refractivity contribution < 1.29 is 14.3 Å². The molecular formula is C25H37N3O3. The van der Waals surface area contributed by atoms with Crippen molar-refractivity contribution in [3.8, 4) is 5.75 Å². The zero-order valence-corrected chi connectivity index (χ0v) is 19.6. The van der Waals surface area contributed by atoms with Gasteiger partial charge in [-0.15, -0.1) is 0 Å². The number of benzene rings is 1. The minimum atomic E-state index is -0.0258. The molecule has 6 heteroatoms. The third-order valence-corrected chi connectivity index (χ3v) is 5.80. The molecule has 0 saturated carbocycles. The first-order valence-electron chi connectivity index (χ1n) is 11.2. The summed E-state index contributed by atoms with van der Waals surface area (Å²) in [5.74, 6) is 0.734. The molecule has 0 aliphatic heterocycles. The molecule has 31 heavy (non-hydrogen) atoms. The van der Waals surface area contributed by atoms with Crippen LogP contribution in [0.2, 0.25) is 0 Å². The first-order valence-corrected chi connectivity index (χ1v) is 11.2. The number of methoxy groups -OCH3 is 1. The van der Waals surface area contributed by atoms with Crippen LogP contribution in [0.4, 0.5) is 0 Å². The molecule has 0 N–H and O–H groups in total. The van der Waals surface area contributed by atoms with Crippen molar-refractivity contribution in [1.82, 2.24) is 14.4 Å². The molecule has 0 aliphatic rings. The molecule has 0 spiro atoms. The maximum Gasteiger partial charge on any atom is 0.242 e. The van der Waals surface area contributed by atoms with E-state index in [1.807, 2.05) is 73.0 Å². The van der Waals surface area contributed by atoms with E-state index in [4.69, 9.17) is 4.74 Å². The second-order valence-electron chi connectivity index (χ2n) is 8.08. The van der Waals surface area contributed by atoms with E-state index < -0.39 is 0 Å². The van der Waals surface area contributed by atoms with Gasteiger partial charge in [0, 0.05) is 31.5 Å². The van der Waals surface area contributed by atoms with Gasteiger partial charge in [0.1, 0.15) is 12.3 Å². The number of hydrogen-bond acceptors (Lipinski definition) is 3. The third kappa shape index (κ3) is 7.16. The molecule has 6 nitrogen and oxygen atoms in total. The molecule has 0 bridgehead atoms. The largest absolute Gasteiger partial charge is 0.497 e. The molecule has 1 aromatic heterocycles. The molecule has 1 unspecified atom stereocenters. The van der Waals surface area contributed by atoms with E-state index in [0.29, 0.717) is 13.1 Å². The van der Waals surface area contributed by atoms with E-state index in [9.17, 15) is 9.59 Å². The Labute approximate surface area is 186 Å². The Hall–Kier alpha value is -2.76. The fourth-order valence-corrected chi connectivity index (χ4v) is 3.47. The molecule has 2 amide bonds. The third-order valence-electron chi connectivity index (χ3n) is 5.80. The van der Waals surface area contributed by atoms with Gasteiger partial charge in [0.05, 0.1) is 20.1 Å². The number of rotatable bonds is 12. The fraction of sp³-hybridized carbons (Fsp3) is 0.520. The van der Waals surface area contributed by atoms with Crippen LogP contribution in [0.25, 0.3) is 0 Å². The fourth-order valence-electron chi connectivity index (χ4n) is 3.47. The second-order valence-corrected chi connectivity index (χ2v) is 8.08. The van der Waals surface area contributed by atoms with Crippen LogP contribution < -0.4 is 4.74 Å². The highest BCUT2D eigenvalue weighted by Crippen LogP contribution is 2.15. The van der Waals surface area contributed by atoms with E-state index in [-0.39, 0.29) is 30.8 Å². The van der Waals surface area contributed by atoms with Crippen molar-refractivity contribution in [2.45, 2.75) is 59.0 Å². The summed E-state index contributed by atoms with van der Waals surface area (Å²) in [6.07, 6.45) is 5.02. The van der Waals surface area contributed by atoms with Crippen LogP contribution >= 0.6 is 0 Å². The zero-order chi connectivity index (χ0) is 22.8. The van der Waals surface area contributed by atoms with E-state index in [0.717, 1.165) is 36.3 Å². The minimum Gasteiger partial charge on any atom is -0.497 e. The predicted molar refractivity (Wildman–Crippen MR) is 124 cm³/mol. The number of amides is 2. The smallest absolute Gasteiger partial charge is 0.242 e. The number of aryl methyl sites for hydroxylation is 1. The van der Waals surface area contributed by atoms with Crippen LogP contribution in [0.15, 0.2) is 42.6 Å². The lowest BCUT2D eigenvalue weighted by Gasteiger charge is -2.31. The first-order chi connectivity index (χ1) is 14.9. The Morgan fingerprint density at radius 2 is 1.81 bits per heavy atom. The quantitative estimate of drug-likeness (QED) is 0.514. The average Bonchev–Trinajstić information content (AvgIpc) is 3.18. The summed E-state index contributed by atoms with van der Waals surface area (Å²) in [5.41, 5.74) is 2.00.